The van der Waals surface area contributed by atoms with Gasteiger partial charge in [0.2, 0.25) is 10.0 Å². The van der Waals surface area contributed by atoms with E-state index in [1.54, 1.807) is 12.1 Å². The van der Waals surface area contributed by atoms with Gasteiger partial charge in [-0.15, -0.1) is 5.10 Å². The minimum atomic E-state index is -3.69. The van der Waals surface area contributed by atoms with Crippen LogP contribution in [0.4, 0.5) is 0 Å². The zero-order valence-corrected chi connectivity index (χ0v) is 15.9. The fourth-order valence-electron chi connectivity index (χ4n) is 2.98. The van der Waals surface area contributed by atoms with E-state index >= 15 is 0 Å². The molecule has 10 heteroatoms. The molecule has 0 saturated carbocycles. The van der Waals surface area contributed by atoms with E-state index in [2.05, 4.69) is 5.10 Å². The third-order valence-corrected chi connectivity index (χ3v) is 6.69. The number of pyridine rings is 1. The number of ether oxygens (including phenoxy) is 1. The Morgan fingerprint density at radius 3 is 2.59 bits per heavy atom. The van der Waals surface area contributed by atoms with E-state index in [-0.39, 0.29) is 11.4 Å². The van der Waals surface area contributed by atoms with E-state index < -0.39 is 15.7 Å². The van der Waals surface area contributed by atoms with Crippen molar-refractivity contribution in [3.63, 3.8) is 0 Å². The van der Waals surface area contributed by atoms with E-state index in [1.807, 2.05) is 12.1 Å². The van der Waals surface area contributed by atoms with Crippen LogP contribution in [-0.2, 0) is 21.3 Å². The van der Waals surface area contributed by atoms with Crippen LogP contribution in [0.3, 0.4) is 0 Å². The first-order valence-corrected chi connectivity index (χ1v) is 10.2. The van der Waals surface area contributed by atoms with Gasteiger partial charge in [0.1, 0.15) is 0 Å². The molecule has 4 rings (SSSR count). The lowest BCUT2D eigenvalue weighted by atomic mass is 10.2. The predicted molar refractivity (Wildman–Crippen MR) is 99.6 cm³/mol. The highest BCUT2D eigenvalue weighted by molar-refractivity contribution is 7.89. The van der Waals surface area contributed by atoms with Gasteiger partial charge in [-0.05, 0) is 23.8 Å². The Hall–Kier alpha value is -2.20. The smallest absolute Gasteiger partial charge is 0.350 e. The number of morpholine rings is 1. The maximum absolute atomic E-state index is 12.8. The van der Waals surface area contributed by atoms with Crippen molar-refractivity contribution in [1.82, 2.24) is 18.5 Å². The van der Waals surface area contributed by atoms with Crippen LogP contribution in [0.2, 0.25) is 5.02 Å². The summed E-state index contributed by atoms with van der Waals surface area (Å²) in [6.45, 7) is 1.50. The van der Waals surface area contributed by atoms with Crippen LogP contribution in [0.25, 0.3) is 5.65 Å². The topological polar surface area (TPSA) is 85.9 Å². The van der Waals surface area contributed by atoms with Crippen LogP contribution in [0.1, 0.15) is 5.56 Å². The van der Waals surface area contributed by atoms with Crippen LogP contribution >= 0.6 is 11.6 Å². The molecule has 142 valence electrons. The first kappa shape index (κ1) is 18.2. The van der Waals surface area contributed by atoms with Crippen molar-refractivity contribution in [2.75, 3.05) is 26.3 Å². The Bertz CT molecular complexity index is 1150. The second-order valence-corrected chi connectivity index (χ2v) is 8.49. The molecule has 0 aliphatic carbocycles. The Balaban J connectivity index is 1.72. The van der Waals surface area contributed by atoms with Gasteiger partial charge < -0.3 is 4.74 Å². The third kappa shape index (κ3) is 3.39. The van der Waals surface area contributed by atoms with Crippen molar-refractivity contribution in [2.45, 2.75) is 11.4 Å². The monoisotopic (exact) mass is 408 g/mol. The number of hydrogen-bond acceptors (Lipinski definition) is 5. The molecule has 0 atom stereocenters. The molecule has 0 spiro atoms. The lowest BCUT2D eigenvalue weighted by Gasteiger charge is -2.25. The maximum atomic E-state index is 12.8. The average molecular weight is 409 g/mol. The molecule has 1 saturated heterocycles. The van der Waals surface area contributed by atoms with Gasteiger partial charge in [0.25, 0.3) is 0 Å². The molecule has 0 radical (unpaired) electrons. The number of nitrogens with zero attached hydrogens (tertiary/aromatic N) is 4. The van der Waals surface area contributed by atoms with Gasteiger partial charge in [-0.3, -0.25) is 0 Å². The van der Waals surface area contributed by atoms with Crippen LogP contribution in [-0.4, -0.2) is 53.2 Å². The predicted octanol–water partition coefficient (Wildman–Crippen LogP) is 1.22. The molecular formula is C17H17ClN4O4S. The number of sulfonamides is 1. The van der Waals surface area contributed by atoms with Crippen molar-refractivity contribution in [3.05, 3.63) is 63.7 Å². The molecule has 27 heavy (non-hydrogen) atoms. The minimum Gasteiger partial charge on any atom is -0.379 e. The highest BCUT2D eigenvalue weighted by Crippen LogP contribution is 2.18. The highest BCUT2D eigenvalue weighted by Gasteiger charge is 2.27. The number of benzene rings is 1. The zero-order valence-electron chi connectivity index (χ0n) is 14.3. The van der Waals surface area contributed by atoms with E-state index in [0.29, 0.717) is 37.0 Å². The molecule has 0 bridgehead atoms. The summed E-state index contributed by atoms with van der Waals surface area (Å²) in [5, 5.41) is 4.80. The normalized spacial score (nSPS) is 16.0. The van der Waals surface area contributed by atoms with Crippen LogP contribution in [0.15, 0.2) is 52.3 Å². The number of hydrogen-bond donors (Lipinski definition) is 0. The van der Waals surface area contributed by atoms with Gasteiger partial charge in [0.05, 0.1) is 24.7 Å². The first-order chi connectivity index (χ1) is 13.0. The summed E-state index contributed by atoms with van der Waals surface area (Å²) in [7, 11) is -3.69. The molecule has 1 aliphatic heterocycles. The summed E-state index contributed by atoms with van der Waals surface area (Å²) in [6.07, 6.45) is 1.32. The lowest BCUT2D eigenvalue weighted by molar-refractivity contribution is 0.0730. The Morgan fingerprint density at radius 2 is 1.85 bits per heavy atom. The Morgan fingerprint density at radius 1 is 1.11 bits per heavy atom. The van der Waals surface area contributed by atoms with Crippen molar-refractivity contribution < 1.29 is 13.2 Å². The standard InChI is InChI=1S/C17H17ClN4O4S/c18-15-4-2-1-3-13(15)11-22-17(23)21-12-14(5-6-16(21)19-22)27(24,25)20-7-9-26-10-8-20/h1-6,12H,7-11H2. The molecule has 3 heterocycles. The summed E-state index contributed by atoms with van der Waals surface area (Å²) in [6, 6.07) is 10.2. The van der Waals surface area contributed by atoms with Crippen molar-refractivity contribution >= 4 is 27.3 Å². The number of aromatic nitrogens is 3. The number of halogens is 1. The van der Waals surface area contributed by atoms with Gasteiger partial charge in [0, 0.05) is 24.3 Å². The average Bonchev–Trinajstić information content (AvgIpc) is 2.99. The Kier molecular flexibility index (Phi) is 4.77. The summed E-state index contributed by atoms with van der Waals surface area (Å²) < 4.78 is 34.7. The van der Waals surface area contributed by atoms with E-state index in [1.165, 1.54) is 31.7 Å². The van der Waals surface area contributed by atoms with Gasteiger partial charge >= 0.3 is 5.69 Å². The zero-order chi connectivity index (χ0) is 19.0. The quantitative estimate of drug-likeness (QED) is 0.648. The van der Waals surface area contributed by atoms with E-state index in [0.717, 1.165) is 5.56 Å². The Labute approximate surface area is 160 Å². The largest absolute Gasteiger partial charge is 0.379 e. The molecule has 8 nitrogen and oxygen atoms in total. The molecule has 1 aliphatic rings. The van der Waals surface area contributed by atoms with Gasteiger partial charge in [-0.25, -0.2) is 22.3 Å². The van der Waals surface area contributed by atoms with E-state index in [9.17, 15) is 13.2 Å². The van der Waals surface area contributed by atoms with Crippen LogP contribution in [0, 0.1) is 0 Å². The molecule has 2 aromatic heterocycles. The highest BCUT2D eigenvalue weighted by atomic mass is 35.5. The fraction of sp³-hybridized carbons (Fsp3) is 0.294. The van der Waals surface area contributed by atoms with Gasteiger partial charge in [-0.1, -0.05) is 29.8 Å². The molecule has 0 amide bonds. The molecule has 1 aromatic carbocycles. The summed E-state index contributed by atoms with van der Waals surface area (Å²) >= 11 is 6.15. The summed E-state index contributed by atoms with van der Waals surface area (Å²) in [5.74, 6) is 0. The molecule has 0 N–H and O–H groups in total. The molecule has 0 unspecified atom stereocenters. The summed E-state index contributed by atoms with van der Waals surface area (Å²) in [5.41, 5.74) is 0.697. The number of rotatable bonds is 4. The van der Waals surface area contributed by atoms with E-state index in [4.69, 9.17) is 16.3 Å². The fourth-order valence-corrected chi connectivity index (χ4v) is 4.58. The van der Waals surface area contributed by atoms with Crippen molar-refractivity contribution in [3.8, 4) is 0 Å². The molecule has 1 fully saturated rings. The maximum Gasteiger partial charge on any atom is 0.350 e. The third-order valence-electron chi connectivity index (χ3n) is 4.44. The van der Waals surface area contributed by atoms with Gasteiger partial charge in [-0.2, -0.15) is 4.31 Å². The second-order valence-electron chi connectivity index (χ2n) is 6.14. The van der Waals surface area contributed by atoms with Gasteiger partial charge in [0.15, 0.2) is 5.65 Å². The van der Waals surface area contributed by atoms with Crippen LogP contribution < -0.4 is 5.69 Å². The first-order valence-electron chi connectivity index (χ1n) is 8.37. The lowest BCUT2D eigenvalue weighted by Crippen LogP contribution is -2.40. The molecule has 3 aromatic rings. The minimum absolute atomic E-state index is 0.0521. The summed E-state index contributed by atoms with van der Waals surface area (Å²) in [4.78, 5) is 12.7. The number of fused-ring (bicyclic) bond motifs is 1. The second kappa shape index (κ2) is 7.08. The van der Waals surface area contributed by atoms with Crippen molar-refractivity contribution in [1.29, 1.82) is 0 Å². The van der Waals surface area contributed by atoms with Crippen LogP contribution in [0.5, 0.6) is 0 Å². The molecular weight excluding hydrogens is 392 g/mol. The SMILES string of the molecule is O=c1n(Cc2ccccc2Cl)nc2ccc(S(=O)(=O)N3CCOCC3)cn12. The van der Waals surface area contributed by atoms with Crippen molar-refractivity contribution in [2.24, 2.45) is 0 Å².